The summed E-state index contributed by atoms with van der Waals surface area (Å²) in [5.41, 5.74) is 1.67. The van der Waals surface area contributed by atoms with Crippen molar-refractivity contribution in [1.82, 2.24) is 14.7 Å². The van der Waals surface area contributed by atoms with Crippen molar-refractivity contribution in [2.45, 2.75) is 40.3 Å². The van der Waals surface area contributed by atoms with E-state index in [1.165, 1.54) is 23.5 Å². The second-order valence-electron chi connectivity index (χ2n) is 7.43. The van der Waals surface area contributed by atoms with Crippen molar-refractivity contribution in [2.24, 2.45) is 5.92 Å². The van der Waals surface area contributed by atoms with Gasteiger partial charge < -0.3 is 4.90 Å². The van der Waals surface area contributed by atoms with E-state index in [4.69, 9.17) is 0 Å². The zero-order valence-electron chi connectivity index (χ0n) is 16.7. The number of nitrogens with zero attached hydrogens (tertiary/aromatic N) is 4. The molecule has 3 rings (SSSR count). The molecule has 148 valence electrons. The maximum Gasteiger partial charge on any atom is 0.269 e. The van der Waals surface area contributed by atoms with Gasteiger partial charge in [0.2, 0.25) is 0 Å². The van der Waals surface area contributed by atoms with Crippen LogP contribution in [0.15, 0.2) is 30.3 Å². The van der Waals surface area contributed by atoms with Crippen LogP contribution in [0.25, 0.3) is 10.2 Å². The minimum Gasteiger partial charge on any atom is -0.334 e. The predicted molar refractivity (Wildman–Crippen MR) is 111 cm³/mol. The molecule has 0 aliphatic heterocycles. The number of non-ortho nitro benzene ring substituents is 1. The number of hydrogen-bond donors (Lipinski definition) is 0. The Bertz CT molecular complexity index is 1040. The van der Waals surface area contributed by atoms with Gasteiger partial charge in [-0.05, 0) is 31.4 Å². The van der Waals surface area contributed by atoms with E-state index in [1.807, 2.05) is 24.6 Å². The van der Waals surface area contributed by atoms with Crippen LogP contribution in [-0.4, -0.2) is 32.6 Å². The van der Waals surface area contributed by atoms with E-state index in [9.17, 15) is 14.9 Å². The molecule has 0 radical (unpaired) electrons. The number of amides is 1. The molecule has 0 N–H and O–H groups in total. The van der Waals surface area contributed by atoms with Crippen molar-refractivity contribution >= 4 is 33.1 Å². The quantitative estimate of drug-likeness (QED) is 0.439. The van der Waals surface area contributed by atoms with Crippen LogP contribution in [-0.2, 0) is 6.54 Å². The average molecular weight is 401 g/mol. The van der Waals surface area contributed by atoms with Gasteiger partial charge in [0.15, 0.2) is 0 Å². The largest absolute Gasteiger partial charge is 0.334 e. The number of nitro groups is 1. The third kappa shape index (κ3) is 3.77. The van der Waals surface area contributed by atoms with E-state index in [-0.39, 0.29) is 17.6 Å². The Morgan fingerprint density at radius 3 is 2.68 bits per heavy atom. The number of thiophene rings is 1. The van der Waals surface area contributed by atoms with Gasteiger partial charge in [0.1, 0.15) is 4.83 Å². The lowest BCUT2D eigenvalue weighted by Crippen LogP contribution is -2.29. The molecule has 28 heavy (non-hydrogen) atoms. The minimum atomic E-state index is -0.423. The summed E-state index contributed by atoms with van der Waals surface area (Å²) in [6, 6.07) is 8.03. The van der Waals surface area contributed by atoms with E-state index < -0.39 is 4.92 Å². The van der Waals surface area contributed by atoms with Crippen LogP contribution in [0.2, 0.25) is 0 Å². The fraction of sp³-hybridized carbons (Fsp3) is 0.400. The van der Waals surface area contributed by atoms with Gasteiger partial charge in [-0.2, -0.15) is 5.10 Å². The standard InChI is InChI=1S/C20H24N4O3S/c1-12(2)11-23-20-17(13(3)21-23)10-18(28-20)19(25)22(5)14(4)15-7-6-8-16(9-15)24(26)27/h6-10,12,14H,11H2,1-5H3/t14-/m0/s1. The Morgan fingerprint density at radius 2 is 2.04 bits per heavy atom. The van der Waals surface area contributed by atoms with Gasteiger partial charge >= 0.3 is 0 Å². The zero-order valence-corrected chi connectivity index (χ0v) is 17.5. The molecule has 0 saturated carbocycles. The number of aromatic nitrogens is 2. The Labute approximate surface area is 167 Å². The summed E-state index contributed by atoms with van der Waals surface area (Å²) in [6.07, 6.45) is 0. The molecule has 3 aromatic rings. The fourth-order valence-electron chi connectivity index (χ4n) is 3.16. The van der Waals surface area contributed by atoms with Crippen molar-refractivity contribution in [3.05, 3.63) is 56.6 Å². The lowest BCUT2D eigenvalue weighted by Gasteiger charge is -2.24. The first kappa shape index (κ1) is 20.0. The molecule has 0 saturated heterocycles. The second kappa shape index (κ2) is 7.71. The average Bonchev–Trinajstić information content (AvgIpc) is 3.21. The van der Waals surface area contributed by atoms with Crippen LogP contribution in [0.5, 0.6) is 0 Å². The first-order valence-corrected chi connectivity index (χ1v) is 9.99. The van der Waals surface area contributed by atoms with Gasteiger partial charge in [0.25, 0.3) is 11.6 Å². The van der Waals surface area contributed by atoms with Gasteiger partial charge in [0.05, 0.1) is 21.5 Å². The van der Waals surface area contributed by atoms with Gasteiger partial charge in [-0.25, -0.2) is 0 Å². The second-order valence-corrected chi connectivity index (χ2v) is 8.47. The molecule has 2 heterocycles. The third-order valence-corrected chi connectivity index (χ3v) is 5.96. The molecule has 0 aliphatic carbocycles. The zero-order chi connectivity index (χ0) is 20.6. The van der Waals surface area contributed by atoms with E-state index >= 15 is 0 Å². The number of nitro benzene ring substituents is 1. The molecule has 8 heteroatoms. The van der Waals surface area contributed by atoms with Gasteiger partial charge in [0, 0.05) is 31.1 Å². The van der Waals surface area contributed by atoms with Crippen LogP contribution >= 0.6 is 11.3 Å². The number of hydrogen-bond acceptors (Lipinski definition) is 5. The molecular formula is C20H24N4O3S. The van der Waals surface area contributed by atoms with Crippen molar-refractivity contribution in [3.63, 3.8) is 0 Å². The number of fused-ring (bicyclic) bond motifs is 1. The Balaban J connectivity index is 1.88. The number of carbonyl (C=O) groups is 1. The molecule has 0 unspecified atom stereocenters. The summed E-state index contributed by atoms with van der Waals surface area (Å²) < 4.78 is 1.97. The van der Waals surface area contributed by atoms with E-state index in [1.54, 1.807) is 24.1 Å². The van der Waals surface area contributed by atoms with Crippen molar-refractivity contribution < 1.29 is 9.72 Å². The van der Waals surface area contributed by atoms with E-state index in [2.05, 4.69) is 18.9 Å². The highest BCUT2D eigenvalue weighted by atomic mass is 32.1. The van der Waals surface area contributed by atoms with E-state index in [0.717, 1.165) is 28.0 Å². The van der Waals surface area contributed by atoms with Crippen molar-refractivity contribution in [2.75, 3.05) is 7.05 Å². The number of carbonyl (C=O) groups excluding carboxylic acids is 1. The van der Waals surface area contributed by atoms with Crippen molar-refractivity contribution in [1.29, 1.82) is 0 Å². The highest BCUT2D eigenvalue weighted by Crippen LogP contribution is 2.31. The maximum absolute atomic E-state index is 13.1. The van der Waals surface area contributed by atoms with Gasteiger partial charge in [-0.1, -0.05) is 26.0 Å². The topological polar surface area (TPSA) is 81.3 Å². The predicted octanol–water partition coefficient (Wildman–Crippen LogP) is 4.80. The van der Waals surface area contributed by atoms with Crippen LogP contribution < -0.4 is 0 Å². The molecule has 0 fully saturated rings. The number of aryl methyl sites for hydroxylation is 1. The molecule has 7 nitrogen and oxygen atoms in total. The number of benzene rings is 1. The molecule has 2 aromatic heterocycles. The summed E-state index contributed by atoms with van der Waals surface area (Å²) in [5, 5.41) is 16.6. The van der Waals surface area contributed by atoms with Crippen LogP contribution in [0.3, 0.4) is 0 Å². The minimum absolute atomic E-state index is 0.0245. The lowest BCUT2D eigenvalue weighted by molar-refractivity contribution is -0.384. The summed E-state index contributed by atoms with van der Waals surface area (Å²) in [4.78, 5) is 26.9. The summed E-state index contributed by atoms with van der Waals surface area (Å²) in [7, 11) is 1.73. The van der Waals surface area contributed by atoms with Crippen molar-refractivity contribution in [3.8, 4) is 0 Å². The highest BCUT2D eigenvalue weighted by Gasteiger charge is 2.24. The maximum atomic E-state index is 13.1. The molecule has 0 aliphatic rings. The first-order chi connectivity index (χ1) is 13.2. The number of rotatable bonds is 6. The van der Waals surface area contributed by atoms with Crippen LogP contribution in [0.4, 0.5) is 5.69 Å². The third-order valence-electron chi connectivity index (χ3n) is 4.82. The van der Waals surface area contributed by atoms with Gasteiger partial charge in [-0.3, -0.25) is 19.6 Å². The monoisotopic (exact) mass is 400 g/mol. The summed E-state index contributed by atoms with van der Waals surface area (Å²) in [5.74, 6) is 0.357. The Hall–Kier alpha value is -2.74. The molecule has 1 aromatic carbocycles. The molecular weight excluding hydrogens is 376 g/mol. The lowest BCUT2D eigenvalue weighted by atomic mass is 10.1. The Kier molecular flexibility index (Phi) is 5.51. The summed E-state index contributed by atoms with van der Waals surface area (Å²) in [6.45, 7) is 8.90. The fourth-order valence-corrected chi connectivity index (χ4v) is 4.31. The highest BCUT2D eigenvalue weighted by molar-refractivity contribution is 7.20. The first-order valence-electron chi connectivity index (χ1n) is 9.17. The van der Waals surface area contributed by atoms with Crippen LogP contribution in [0, 0.1) is 23.0 Å². The summed E-state index contributed by atoms with van der Waals surface area (Å²) >= 11 is 1.44. The molecule has 0 spiro atoms. The normalized spacial score (nSPS) is 12.5. The van der Waals surface area contributed by atoms with Gasteiger partial charge in [-0.15, -0.1) is 11.3 Å². The van der Waals surface area contributed by atoms with Crippen LogP contribution in [0.1, 0.15) is 47.7 Å². The SMILES string of the molecule is Cc1nn(CC(C)C)c2sc(C(=O)N(C)[C@@H](C)c3cccc([N+](=O)[O-])c3)cc12. The Morgan fingerprint density at radius 1 is 1.32 bits per heavy atom. The molecule has 0 bridgehead atoms. The molecule has 1 atom stereocenters. The molecule has 1 amide bonds. The smallest absolute Gasteiger partial charge is 0.269 e. The van der Waals surface area contributed by atoms with E-state index in [0.29, 0.717) is 10.8 Å².